The Kier molecular flexibility index (Phi) is 4.16. The fourth-order valence-corrected chi connectivity index (χ4v) is 2.93. The number of likely N-dealkylation sites (tertiary alicyclic amines) is 1. The van der Waals surface area contributed by atoms with E-state index in [0.717, 1.165) is 49.4 Å². The van der Waals surface area contributed by atoms with Crippen LogP contribution >= 0.6 is 0 Å². The second-order valence-electron chi connectivity index (χ2n) is 5.55. The van der Waals surface area contributed by atoms with Crippen LogP contribution in [0.4, 0.5) is 0 Å². The third kappa shape index (κ3) is 2.63. The summed E-state index contributed by atoms with van der Waals surface area (Å²) >= 11 is 0. The van der Waals surface area contributed by atoms with Crippen molar-refractivity contribution in [2.45, 2.75) is 39.2 Å². The maximum absolute atomic E-state index is 11.0. The molecule has 0 amide bonds. The normalized spacial score (nSPS) is 19.4. The minimum Gasteiger partial charge on any atom is -0.496 e. The standard InChI is InChI=1S/C16H25NO2/c1-5-17-10-8-16(18,9-11-17)14-7-6-12(2)13(3)15(14)19-4/h6-7,18H,5,8-11H2,1-4H3. The van der Waals surface area contributed by atoms with Gasteiger partial charge in [0.15, 0.2) is 0 Å². The molecule has 1 aliphatic rings. The van der Waals surface area contributed by atoms with Crippen molar-refractivity contribution in [3.63, 3.8) is 0 Å². The smallest absolute Gasteiger partial charge is 0.128 e. The molecule has 106 valence electrons. The van der Waals surface area contributed by atoms with Crippen molar-refractivity contribution in [3.05, 3.63) is 28.8 Å². The SMILES string of the molecule is CCN1CCC(O)(c2ccc(C)c(C)c2OC)CC1. The number of piperidine rings is 1. The van der Waals surface area contributed by atoms with Crippen molar-refractivity contribution in [1.29, 1.82) is 0 Å². The van der Waals surface area contributed by atoms with E-state index in [1.54, 1.807) is 7.11 Å². The molecule has 0 spiro atoms. The molecule has 1 N–H and O–H groups in total. The van der Waals surface area contributed by atoms with Gasteiger partial charge in [0, 0.05) is 18.7 Å². The molecule has 0 bridgehead atoms. The fourth-order valence-electron chi connectivity index (χ4n) is 2.93. The van der Waals surface area contributed by atoms with Crippen LogP contribution in [-0.4, -0.2) is 36.8 Å². The number of aryl methyl sites for hydroxylation is 1. The Bertz CT molecular complexity index is 448. The van der Waals surface area contributed by atoms with Crippen LogP contribution in [0.2, 0.25) is 0 Å². The maximum Gasteiger partial charge on any atom is 0.128 e. The van der Waals surface area contributed by atoms with Gasteiger partial charge >= 0.3 is 0 Å². The summed E-state index contributed by atoms with van der Waals surface area (Å²) in [5, 5.41) is 11.0. The largest absolute Gasteiger partial charge is 0.496 e. The lowest BCUT2D eigenvalue weighted by Gasteiger charge is -2.39. The number of hydrogen-bond acceptors (Lipinski definition) is 3. The molecule has 0 aliphatic carbocycles. The molecule has 2 rings (SSSR count). The summed E-state index contributed by atoms with van der Waals surface area (Å²) in [4.78, 5) is 2.38. The number of rotatable bonds is 3. The van der Waals surface area contributed by atoms with Crippen molar-refractivity contribution in [1.82, 2.24) is 4.90 Å². The lowest BCUT2D eigenvalue weighted by atomic mass is 9.82. The monoisotopic (exact) mass is 263 g/mol. The van der Waals surface area contributed by atoms with Crippen molar-refractivity contribution in [3.8, 4) is 5.75 Å². The third-order valence-corrected chi connectivity index (χ3v) is 4.51. The fraction of sp³-hybridized carbons (Fsp3) is 0.625. The molecule has 0 aromatic heterocycles. The Morgan fingerprint density at radius 2 is 1.89 bits per heavy atom. The van der Waals surface area contributed by atoms with Crippen LogP contribution in [0.5, 0.6) is 5.75 Å². The number of hydrogen-bond donors (Lipinski definition) is 1. The maximum atomic E-state index is 11.0. The van der Waals surface area contributed by atoms with E-state index < -0.39 is 5.60 Å². The van der Waals surface area contributed by atoms with Crippen molar-refractivity contribution < 1.29 is 9.84 Å². The topological polar surface area (TPSA) is 32.7 Å². The first-order chi connectivity index (χ1) is 9.01. The van der Waals surface area contributed by atoms with Crippen molar-refractivity contribution in [2.24, 2.45) is 0 Å². The highest BCUT2D eigenvalue weighted by molar-refractivity contribution is 5.48. The van der Waals surface area contributed by atoms with Crippen LogP contribution in [-0.2, 0) is 5.60 Å². The number of ether oxygens (including phenoxy) is 1. The van der Waals surface area contributed by atoms with Crippen LogP contribution in [0.15, 0.2) is 12.1 Å². The highest BCUT2D eigenvalue weighted by Gasteiger charge is 2.36. The lowest BCUT2D eigenvalue weighted by molar-refractivity contribution is -0.0263. The zero-order chi connectivity index (χ0) is 14.0. The molecule has 0 atom stereocenters. The zero-order valence-corrected chi connectivity index (χ0v) is 12.5. The van der Waals surface area contributed by atoms with Crippen LogP contribution in [0.3, 0.4) is 0 Å². The Morgan fingerprint density at radius 1 is 1.26 bits per heavy atom. The van der Waals surface area contributed by atoms with Gasteiger partial charge in [0.25, 0.3) is 0 Å². The molecule has 0 unspecified atom stereocenters. The average molecular weight is 263 g/mol. The van der Waals surface area contributed by atoms with Crippen LogP contribution in [0.25, 0.3) is 0 Å². The lowest BCUT2D eigenvalue weighted by Crippen LogP contribution is -2.42. The van der Waals surface area contributed by atoms with E-state index in [4.69, 9.17) is 4.74 Å². The summed E-state index contributed by atoms with van der Waals surface area (Å²) in [6, 6.07) is 4.11. The van der Waals surface area contributed by atoms with Crippen LogP contribution < -0.4 is 4.74 Å². The summed E-state index contributed by atoms with van der Waals surface area (Å²) in [5.74, 6) is 0.854. The minimum atomic E-state index is -0.741. The molecule has 1 aromatic rings. The van der Waals surface area contributed by atoms with E-state index in [2.05, 4.69) is 31.7 Å². The molecule has 1 fully saturated rings. The molecule has 1 aliphatic heterocycles. The van der Waals surface area contributed by atoms with Gasteiger partial charge in [-0.2, -0.15) is 0 Å². The molecule has 3 heteroatoms. The first kappa shape index (κ1) is 14.4. The van der Waals surface area contributed by atoms with E-state index >= 15 is 0 Å². The molecule has 0 saturated carbocycles. The Labute approximate surface area is 116 Å². The van der Waals surface area contributed by atoms with Gasteiger partial charge in [-0.25, -0.2) is 0 Å². The zero-order valence-electron chi connectivity index (χ0n) is 12.5. The molecule has 19 heavy (non-hydrogen) atoms. The summed E-state index contributed by atoms with van der Waals surface area (Å²) in [6.07, 6.45) is 1.55. The van der Waals surface area contributed by atoms with Crippen molar-refractivity contribution >= 4 is 0 Å². The highest BCUT2D eigenvalue weighted by atomic mass is 16.5. The Hall–Kier alpha value is -1.06. The van der Waals surface area contributed by atoms with Gasteiger partial charge in [-0.3, -0.25) is 0 Å². The highest BCUT2D eigenvalue weighted by Crippen LogP contribution is 2.40. The van der Waals surface area contributed by atoms with Gasteiger partial charge < -0.3 is 14.7 Å². The second kappa shape index (κ2) is 5.51. The van der Waals surface area contributed by atoms with Gasteiger partial charge in [0.1, 0.15) is 5.75 Å². The molecule has 1 heterocycles. The van der Waals surface area contributed by atoms with E-state index in [1.807, 2.05) is 6.07 Å². The minimum absolute atomic E-state index is 0.741. The summed E-state index contributed by atoms with van der Waals surface area (Å²) in [5.41, 5.74) is 2.55. The van der Waals surface area contributed by atoms with Gasteiger partial charge in [-0.1, -0.05) is 19.1 Å². The van der Waals surface area contributed by atoms with E-state index in [0.29, 0.717) is 0 Å². The first-order valence-electron chi connectivity index (χ1n) is 7.11. The molecule has 3 nitrogen and oxygen atoms in total. The number of methoxy groups -OCH3 is 1. The van der Waals surface area contributed by atoms with Crippen LogP contribution in [0.1, 0.15) is 36.5 Å². The molecular formula is C16H25NO2. The quantitative estimate of drug-likeness (QED) is 0.910. The first-order valence-corrected chi connectivity index (χ1v) is 7.11. The summed E-state index contributed by atoms with van der Waals surface area (Å²) in [7, 11) is 1.69. The van der Waals surface area contributed by atoms with Gasteiger partial charge in [0.05, 0.1) is 12.7 Å². The van der Waals surface area contributed by atoms with Gasteiger partial charge in [-0.05, 0) is 44.4 Å². The van der Waals surface area contributed by atoms with E-state index in [-0.39, 0.29) is 0 Å². The Balaban J connectivity index is 2.34. The van der Waals surface area contributed by atoms with E-state index in [9.17, 15) is 5.11 Å². The number of benzene rings is 1. The number of aliphatic hydroxyl groups is 1. The molecule has 1 saturated heterocycles. The molecule has 0 radical (unpaired) electrons. The third-order valence-electron chi connectivity index (χ3n) is 4.51. The average Bonchev–Trinajstić information content (AvgIpc) is 2.42. The van der Waals surface area contributed by atoms with Gasteiger partial charge in [-0.15, -0.1) is 0 Å². The predicted molar refractivity (Wildman–Crippen MR) is 77.7 cm³/mol. The van der Waals surface area contributed by atoms with Crippen molar-refractivity contribution in [2.75, 3.05) is 26.7 Å². The Morgan fingerprint density at radius 3 is 2.42 bits per heavy atom. The molecule has 1 aromatic carbocycles. The predicted octanol–water partition coefficient (Wildman–Crippen LogP) is 2.62. The second-order valence-corrected chi connectivity index (χ2v) is 5.55. The van der Waals surface area contributed by atoms with E-state index in [1.165, 1.54) is 5.56 Å². The van der Waals surface area contributed by atoms with Gasteiger partial charge in [0.2, 0.25) is 0 Å². The molecular weight excluding hydrogens is 238 g/mol. The number of nitrogens with zero attached hydrogens (tertiary/aromatic N) is 1. The summed E-state index contributed by atoms with van der Waals surface area (Å²) in [6.45, 7) is 9.25. The van der Waals surface area contributed by atoms with Crippen LogP contribution in [0, 0.1) is 13.8 Å². The summed E-state index contributed by atoms with van der Waals surface area (Å²) < 4.78 is 5.55.